The lowest BCUT2D eigenvalue weighted by Gasteiger charge is -2.25. The summed E-state index contributed by atoms with van der Waals surface area (Å²) in [6, 6.07) is 8.65. The molecule has 0 radical (unpaired) electrons. The number of nitrogens with zero attached hydrogens (tertiary/aromatic N) is 4. The molecule has 0 amide bonds. The molecule has 0 aliphatic carbocycles. The number of hydrogen-bond acceptors (Lipinski definition) is 5. The maximum absolute atomic E-state index is 4.76. The number of rotatable bonds is 5. The van der Waals surface area contributed by atoms with Crippen molar-refractivity contribution in [2.45, 2.75) is 32.2 Å². The Labute approximate surface area is 158 Å². The Hall–Kier alpha value is -2.34. The summed E-state index contributed by atoms with van der Waals surface area (Å²) in [6.45, 7) is 3.05. The molecule has 0 saturated carbocycles. The van der Waals surface area contributed by atoms with Gasteiger partial charge in [0.2, 0.25) is 0 Å². The summed E-state index contributed by atoms with van der Waals surface area (Å²) in [4.78, 5) is 7.28. The van der Waals surface area contributed by atoms with E-state index in [9.17, 15) is 0 Å². The fourth-order valence-corrected chi connectivity index (χ4v) is 4.20. The summed E-state index contributed by atoms with van der Waals surface area (Å²) >= 11 is 1.69. The minimum atomic E-state index is 0.746. The van der Waals surface area contributed by atoms with Crippen molar-refractivity contribution in [2.24, 2.45) is 7.05 Å². The highest BCUT2D eigenvalue weighted by Crippen LogP contribution is 2.29. The van der Waals surface area contributed by atoms with Crippen LogP contribution in [0.5, 0.6) is 0 Å². The maximum atomic E-state index is 4.76. The maximum Gasteiger partial charge on any atom is 0.112 e. The second-order valence-corrected chi connectivity index (χ2v) is 7.74. The molecule has 2 aromatic heterocycles. The van der Waals surface area contributed by atoms with Gasteiger partial charge in [-0.05, 0) is 25.0 Å². The lowest BCUT2D eigenvalue weighted by atomic mass is 10.2. The highest BCUT2D eigenvalue weighted by atomic mass is 32.1. The number of anilines is 2. The van der Waals surface area contributed by atoms with E-state index in [1.54, 1.807) is 11.3 Å². The Balaban J connectivity index is 1.46. The normalized spacial score (nSPS) is 15.0. The van der Waals surface area contributed by atoms with Gasteiger partial charge in [-0.2, -0.15) is 5.10 Å². The van der Waals surface area contributed by atoms with Crippen LogP contribution in [0, 0.1) is 0 Å². The van der Waals surface area contributed by atoms with Crippen LogP contribution in [0.1, 0.15) is 30.7 Å². The first-order chi connectivity index (χ1) is 12.8. The molecule has 3 aromatic rings. The predicted molar refractivity (Wildman–Crippen MR) is 109 cm³/mol. The molecule has 0 atom stereocenters. The van der Waals surface area contributed by atoms with E-state index in [4.69, 9.17) is 4.98 Å². The molecule has 3 heterocycles. The molecule has 1 fully saturated rings. The first-order valence-electron chi connectivity index (χ1n) is 9.31. The van der Waals surface area contributed by atoms with E-state index >= 15 is 0 Å². The van der Waals surface area contributed by atoms with Crippen molar-refractivity contribution in [3.63, 3.8) is 0 Å². The summed E-state index contributed by atoms with van der Waals surface area (Å²) in [7, 11) is 1.93. The molecule has 1 aromatic carbocycles. The Bertz CT molecular complexity index is 845. The molecule has 0 spiro atoms. The monoisotopic (exact) mass is 367 g/mol. The zero-order chi connectivity index (χ0) is 17.8. The van der Waals surface area contributed by atoms with Gasteiger partial charge in [-0.1, -0.05) is 25.0 Å². The second kappa shape index (κ2) is 7.91. The standard InChI is InChI=1S/C20H25N5S/c1-24-14-16(12-22-24)18-15-26-20(23-18)13-21-17-8-4-5-9-19(17)25-10-6-2-3-7-11-25/h4-5,8-9,12,14-15,21H,2-3,6-7,10-11,13H2,1H3. The van der Waals surface area contributed by atoms with E-state index < -0.39 is 0 Å². The summed E-state index contributed by atoms with van der Waals surface area (Å²) in [5.74, 6) is 0. The zero-order valence-electron chi connectivity index (χ0n) is 15.2. The molecule has 1 aliphatic rings. The first-order valence-corrected chi connectivity index (χ1v) is 10.2. The highest BCUT2D eigenvalue weighted by Gasteiger charge is 2.13. The Morgan fingerprint density at radius 2 is 1.92 bits per heavy atom. The van der Waals surface area contributed by atoms with Crippen LogP contribution >= 0.6 is 11.3 Å². The summed E-state index contributed by atoms with van der Waals surface area (Å²) in [5, 5.41) is 11.0. The molecule has 1 aliphatic heterocycles. The Morgan fingerprint density at radius 3 is 2.69 bits per heavy atom. The predicted octanol–water partition coefficient (Wildman–Crippen LogP) is 4.54. The zero-order valence-corrected chi connectivity index (χ0v) is 16.0. The van der Waals surface area contributed by atoms with Crippen LogP contribution in [0.15, 0.2) is 42.0 Å². The van der Waals surface area contributed by atoms with Crippen molar-refractivity contribution >= 4 is 22.7 Å². The van der Waals surface area contributed by atoms with Crippen LogP contribution in [-0.2, 0) is 13.6 Å². The molecule has 5 nitrogen and oxygen atoms in total. The molecule has 4 rings (SSSR count). The van der Waals surface area contributed by atoms with Gasteiger partial charge >= 0.3 is 0 Å². The first kappa shape index (κ1) is 17.1. The highest BCUT2D eigenvalue weighted by molar-refractivity contribution is 7.09. The molecular formula is C20H25N5S. The largest absolute Gasteiger partial charge is 0.377 e. The third-order valence-corrected chi connectivity index (χ3v) is 5.68. The van der Waals surface area contributed by atoms with Gasteiger partial charge in [-0.15, -0.1) is 11.3 Å². The Kier molecular flexibility index (Phi) is 5.20. The van der Waals surface area contributed by atoms with Crippen LogP contribution in [0.3, 0.4) is 0 Å². The number of aryl methyl sites for hydroxylation is 1. The van der Waals surface area contributed by atoms with Crippen molar-refractivity contribution in [2.75, 3.05) is 23.3 Å². The smallest absolute Gasteiger partial charge is 0.112 e. The SMILES string of the molecule is Cn1cc(-c2csc(CNc3ccccc3N3CCCCCC3)n2)cn1. The molecule has 6 heteroatoms. The molecule has 136 valence electrons. The average Bonchev–Trinajstić information content (AvgIpc) is 3.22. The lowest BCUT2D eigenvalue weighted by molar-refractivity contribution is 0.726. The summed E-state index contributed by atoms with van der Waals surface area (Å²) in [6.07, 6.45) is 9.14. The van der Waals surface area contributed by atoms with E-state index in [1.165, 1.54) is 37.1 Å². The van der Waals surface area contributed by atoms with E-state index in [1.807, 2.05) is 24.1 Å². The fraction of sp³-hybridized carbons (Fsp3) is 0.400. The molecule has 1 N–H and O–H groups in total. The van der Waals surface area contributed by atoms with Crippen LogP contribution < -0.4 is 10.2 Å². The number of benzene rings is 1. The van der Waals surface area contributed by atoms with E-state index in [0.717, 1.165) is 35.9 Å². The van der Waals surface area contributed by atoms with Gasteiger partial charge in [0.05, 0.1) is 29.8 Å². The minimum absolute atomic E-state index is 0.746. The fourth-order valence-electron chi connectivity index (χ4n) is 3.46. The molecule has 1 saturated heterocycles. The molecule has 0 unspecified atom stereocenters. The van der Waals surface area contributed by atoms with Crippen LogP contribution in [0.4, 0.5) is 11.4 Å². The number of para-hydroxylation sites is 2. The minimum Gasteiger partial charge on any atom is -0.377 e. The number of thiazole rings is 1. The van der Waals surface area contributed by atoms with Gasteiger partial charge < -0.3 is 10.2 Å². The summed E-state index contributed by atoms with van der Waals surface area (Å²) < 4.78 is 1.81. The van der Waals surface area contributed by atoms with Crippen LogP contribution in [0.25, 0.3) is 11.3 Å². The number of hydrogen-bond donors (Lipinski definition) is 1. The van der Waals surface area contributed by atoms with Gasteiger partial charge in [0.15, 0.2) is 0 Å². The van der Waals surface area contributed by atoms with Crippen molar-refractivity contribution in [1.29, 1.82) is 0 Å². The van der Waals surface area contributed by atoms with Gasteiger partial charge in [-0.25, -0.2) is 4.98 Å². The van der Waals surface area contributed by atoms with Gasteiger partial charge in [0.25, 0.3) is 0 Å². The lowest BCUT2D eigenvalue weighted by Crippen LogP contribution is -2.24. The van der Waals surface area contributed by atoms with E-state index in [-0.39, 0.29) is 0 Å². The van der Waals surface area contributed by atoms with Gasteiger partial charge in [0, 0.05) is 37.3 Å². The molecule has 26 heavy (non-hydrogen) atoms. The second-order valence-electron chi connectivity index (χ2n) is 6.80. The third kappa shape index (κ3) is 3.90. The van der Waals surface area contributed by atoms with Crippen LogP contribution in [-0.4, -0.2) is 27.9 Å². The quantitative estimate of drug-likeness (QED) is 0.719. The topological polar surface area (TPSA) is 46.0 Å². The van der Waals surface area contributed by atoms with Crippen molar-refractivity contribution in [3.8, 4) is 11.3 Å². The van der Waals surface area contributed by atoms with Crippen molar-refractivity contribution in [3.05, 3.63) is 47.0 Å². The van der Waals surface area contributed by atoms with E-state index in [0.29, 0.717) is 0 Å². The number of nitrogens with one attached hydrogen (secondary N) is 1. The van der Waals surface area contributed by atoms with Gasteiger partial charge in [0.1, 0.15) is 5.01 Å². The van der Waals surface area contributed by atoms with E-state index in [2.05, 4.69) is 45.0 Å². The third-order valence-electron chi connectivity index (χ3n) is 4.83. The molecular weight excluding hydrogens is 342 g/mol. The molecule has 0 bridgehead atoms. The van der Waals surface area contributed by atoms with Crippen molar-refractivity contribution < 1.29 is 0 Å². The van der Waals surface area contributed by atoms with Crippen LogP contribution in [0.2, 0.25) is 0 Å². The average molecular weight is 368 g/mol. The Morgan fingerprint density at radius 1 is 1.12 bits per heavy atom. The summed E-state index contributed by atoms with van der Waals surface area (Å²) in [5.41, 5.74) is 4.59. The van der Waals surface area contributed by atoms with Gasteiger partial charge in [-0.3, -0.25) is 4.68 Å². The number of aromatic nitrogens is 3. The van der Waals surface area contributed by atoms with Crippen molar-refractivity contribution in [1.82, 2.24) is 14.8 Å².